The van der Waals surface area contributed by atoms with Crippen LogP contribution in [0.25, 0.3) is 0 Å². The summed E-state index contributed by atoms with van der Waals surface area (Å²) in [5, 5.41) is 2.93. The van der Waals surface area contributed by atoms with Crippen molar-refractivity contribution in [2.45, 2.75) is 19.4 Å². The fraction of sp³-hybridized carbons (Fsp3) is 0.185. The Morgan fingerprint density at radius 2 is 1.56 bits per heavy atom. The topological polar surface area (TPSA) is 56.1 Å². The second-order valence-corrected chi connectivity index (χ2v) is 7.62. The molecule has 1 N–H and O–H groups in total. The quantitative estimate of drug-likeness (QED) is 0.413. The van der Waals surface area contributed by atoms with Gasteiger partial charge in [-0.25, -0.2) is 4.98 Å². The van der Waals surface area contributed by atoms with Gasteiger partial charge >= 0.3 is 0 Å². The lowest BCUT2D eigenvalue weighted by atomic mass is 10.0. The second kappa shape index (κ2) is 11.0. The van der Waals surface area contributed by atoms with Crippen molar-refractivity contribution in [2.24, 2.45) is 0 Å². The van der Waals surface area contributed by atoms with E-state index in [1.807, 2.05) is 66.9 Å². The van der Waals surface area contributed by atoms with Crippen molar-refractivity contribution in [1.82, 2.24) is 14.9 Å². The zero-order valence-corrected chi connectivity index (χ0v) is 18.0. The number of nitrogens with zero attached hydrogens (tertiary/aromatic N) is 2. The summed E-state index contributed by atoms with van der Waals surface area (Å²) in [6.07, 6.45) is 5.20. The standard InChI is InChI=1S/C27H27N3O2/c31-27(21-32-25-14-8-7-13-24(25)19-22-9-3-1-4-10-22)29-16-15-26-28-17-18-30(26)20-23-11-5-2-6-12-23/h1-14,17-18H,15-16,19-21H2,(H,29,31). The van der Waals surface area contributed by atoms with Crippen molar-refractivity contribution in [3.8, 4) is 5.75 Å². The predicted molar refractivity (Wildman–Crippen MR) is 126 cm³/mol. The molecule has 32 heavy (non-hydrogen) atoms. The van der Waals surface area contributed by atoms with Crippen LogP contribution < -0.4 is 10.1 Å². The maximum atomic E-state index is 12.3. The first kappa shape index (κ1) is 21.4. The lowest BCUT2D eigenvalue weighted by Crippen LogP contribution is -2.31. The molecule has 0 atom stereocenters. The van der Waals surface area contributed by atoms with E-state index in [1.165, 1.54) is 11.1 Å². The summed E-state index contributed by atoms with van der Waals surface area (Å²) in [5.74, 6) is 1.55. The Hall–Kier alpha value is -3.86. The zero-order valence-electron chi connectivity index (χ0n) is 18.0. The average Bonchev–Trinajstić information content (AvgIpc) is 3.26. The molecule has 0 fully saturated rings. The first-order valence-corrected chi connectivity index (χ1v) is 10.8. The van der Waals surface area contributed by atoms with E-state index in [0.717, 1.165) is 30.1 Å². The number of para-hydroxylation sites is 1. The van der Waals surface area contributed by atoms with E-state index in [4.69, 9.17) is 4.74 Å². The highest BCUT2D eigenvalue weighted by molar-refractivity contribution is 5.77. The Kier molecular flexibility index (Phi) is 7.32. The van der Waals surface area contributed by atoms with Crippen molar-refractivity contribution in [1.29, 1.82) is 0 Å². The lowest BCUT2D eigenvalue weighted by molar-refractivity contribution is -0.123. The highest BCUT2D eigenvalue weighted by Gasteiger charge is 2.09. The number of hydrogen-bond acceptors (Lipinski definition) is 3. The number of nitrogens with one attached hydrogen (secondary N) is 1. The van der Waals surface area contributed by atoms with E-state index < -0.39 is 0 Å². The number of carbonyl (C=O) groups is 1. The highest BCUT2D eigenvalue weighted by atomic mass is 16.5. The van der Waals surface area contributed by atoms with Crippen molar-refractivity contribution >= 4 is 5.91 Å². The van der Waals surface area contributed by atoms with Gasteiger partial charge in [-0.05, 0) is 22.8 Å². The third-order valence-corrected chi connectivity index (χ3v) is 5.24. The van der Waals surface area contributed by atoms with E-state index in [9.17, 15) is 4.79 Å². The Morgan fingerprint density at radius 3 is 2.34 bits per heavy atom. The molecule has 3 aromatic carbocycles. The second-order valence-electron chi connectivity index (χ2n) is 7.62. The third kappa shape index (κ3) is 6.08. The van der Waals surface area contributed by atoms with Gasteiger partial charge in [-0.3, -0.25) is 4.79 Å². The maximum absolute atomic E-state index is 12.3. The molecule has 0 saturated carbocycles. The fourth-order valence-electron chi connectivity index (χ4n) is 3.61. The molecule has 5 nitrogen and oxygen atoms in total. The minimum atomic E-state index is -0.138. The number of carbonyl (C=O) groups excluding carboxylic acids is 1. The molecule has 1 aromatic heterocycles. The normalized spacial score (nSPS) is 10.6. The molecule has 4 rings (SSSR count). The highest BCUT2D eigenvalue weighted by Crippen LogP contribution is 2.21. The summed E-state index contributed by atoms with van der Waals surface area (Å²) in [6, 6.07) is 28.4. The van der Waals surface area contributed by atoms with Gasteiger partial charge in [-0.15, -0.1) is 0 Å². The molecule has 0 aliphatic rings. The van der Waals surface area contributed by atoms with Crippen molar-refractivity contribution in [3.05, 3.63) is 120 Å². The van der Waals surface area contributed by atoms with Crippen LogP contribution >= 0.6 is 0 Å². The summed E-state index contributed by atoms with van der Waals surface area (Å²) in [6.45, 7) is 1.27. The van der Waals surface area contributed by atoms with Gasteiger partial charge in [0, 0.05) is 38.3 Å². The number of aromatic nitrogens is 2. The third-order valence-electron chi connectivity index (χ3n) is 5.24. The van der Waals surface area contributed by atoms with Gasteiger partial charge in [0.1, 0.15) is 11.6 Å². The summed E-state index contributed by atoms with van der Waals surface area (Å²) >= 11 is 0. The van der Waals surface area contributed by atoms with Crippen molar-refractivity contribution < 1.29 is 9.53 Å². The molecular formula is C27H27N3O2. The van der Waals surface area contributed by atoms with E-state index >= 15 is 0 Å². The molecule has 0 aliphatic heterocycles. The Morgan fingerprint density at radius 1 is 0.875 bits per heavy atom. The smallest absolute Gasteiger partial charge is 0.257 e. The van der Waals surface area contributed by atoms with Crippen molar-refractivity contribution in [3.63, 3.8) is 0 Å². The summed E-state index contributed by atoms with van der Waals surface area (Å²) in [4.78, 5) is 16.8. The van der Waals surface area contributed by atoms with Crippen LogP contribution in [0.1, 0.15) is 22.5 Å². The Balaban J connectivity index is 1.25. The van der Waals surface area contributed by atoms with Crippen LogP contribution in [0, 0.1) is 0 Å². The predicted octanol–water partition coefficient (Wildman–Crippen LogP) is 4.26. The number of imidazole rings is 1. The van der Waals surface area contributed by atoms with E-state index in [0.29, 0.717) is 13.0 Å². The van der Waals surface area contributed by atoms with Crippen LogP contribution in [0.15, 0.2) is 97.3 Å². The van der Waals surface area contributed by atoms with Gasteiger partial charge < -0.3 is 14.6 Å². The van der Waals surface area contributed by atoms with Gasteiger partial charge in [-0.1, -0.05) is 78.9 Å². The SMILES string of the molecule is O=C(COc1ccccc1Cc1ccccc1)NCCc1nccn1Cc1ccccc1. The van der Waals surface area contributed by atoms with Crippen LogP contribution in [-0.2, 0) is 24.2 Å². The van der Waals surface area contributed by atoms with Crippen LogP contribution in [0.4, 0.5) is 0 Å². The molecule has 0 spiro atoms. The number of rotatable bonds is 10. The monoisotopic (exact) mass is 425 g/mol. The molecule has 1 amide bonds. The molecule has 1 heterocycles. The lowest BCUT2D eigenvalue weighted by Gasteiger charge is -2.12. The Labute approximate surface area is 188 Å². The number of benzene rings is 3. The molecular weight excluding hydrogens is 398 g/mol. The molecule has 4 aromatic rings. The molecule has 0 unspecified atom stereocenters. The minimum absolute atomic E-state index is 0.00966. The van der Waals surface area contributed by atoms with E-state index in [2.05, 4.69) is 39.1 Å². The van der Waals surface area contributed by atoms with Gasteiger partial charge in [-0.2, -0.15) is 0 Å². The van der Waals surface area contributed by atoms with E-state index in [-0.39, 0.29) is 12.5 Å². The van der Waals surface area contributed by atoms with Gasteiger partial charge in [0.05, 0.1) is 0 Å². The maximum Gasteiger partial charge on any atom is 0.257 e. The van der Waals surface area contributed by atoms with Crippen LogP contribution in [0.2, 0.25) is 0 Å². The molecule has 0 aliphatic carbocycles. The zero-order chi connectivity index (χ0) is 22.0. The Bertz CT molecular complexity index is 1120. The summed E-state index contributed by atoms with van der Waals surface area (Å²) < 4.78 is 7.94. The van der Waals surface area contributed by atoms with Crippen LogP contribution in [-0.4, -0.2) is 28.6 Å². The molecule has 5 heteroatoms. The molecule has 0 radical (unpaired) electrons. The van der Waals surface area contributed by atoms with Crippen LogP contribution in [0.3, 0.4) is 0 Å². The minimum Gasteiger partial charge on any atom is -0.483 e. The summed E-state index contributed by atoms with van der Waals surface area (Å²) in [7, 11) is 0. The fourth-order valence-corrected chi connectivity index (χ4v) is 3.61. The van der Waals surface area contributed by atoms with E-state index in [1.54, 1.807) is 6.20 Å². The summed E-state index contributed by atoms with van der Waals surface area (Å²) in [5.41, 5.74) is 3.49. The largest absolute Gasteiger partial charge is 0.483 e. The van der Waals surface area contributed by atoms with Gasteiger partial charge in [0.2, 0.25) is 0 Å². The van der Waals surface area contributed by atoms with Gasteiger partial charge in [0.25, 0.3) is 5.91 Å². The average molecular weight is 426 g/mol. The molecule has 0 bridgehead atoms. The van der Waals surface area contributed by atoms with Crippen molar-refractivity contribution in [2.75, 3.05) is 13.2 Å². The first-order chi connectivity index (χ1) is 15.8. The van der Waals surface area contributed by atoms with Gasteiger partial charge in [0.15, 0.2) is 6.61 Å². The van der Waals surface area contributed by atoms with Crippen LogP contribution in [0.5, 0.6) is 5.75 Å². The molecule has 162 valence electrons. The number of hydrogen-bond donors (Lipinski definition) is 1. The first-order valence-electron chi connectivity index (χ1n) is 10.8. The number of ether oxygens (including phenoxy) is 1. The number of amides is 1. The molecule has 0 saturated heterocycles.